The highest BCUT2D eigenvalue weighted by molar-refractivity contribution is 6.31. The lowest BCUT2D eigenvalue weighted by Crippen LogP contribution is -2.33. The number of halogens is 1. The third kappa shape index (κ3) is 3.29. The van der Waals surface area contributed by atoms with Crippen LogP contribution in [0.4, 0.5) is 0 Å². The second-order valence-corrected chi connectivity index (χ2v) is 7.21. The summed E-state index contributed by atoms with van der Waals surface area (Å²) in [5.74, 6) is 0.930. The highest BCUT2D eigenvalue weighted by atomic mass is 35.5. The number of carbonyl (C=O) groups is 1. The van der Waals surface area contributed by atoms with Crippen LogP contribution in [0.2, 0.25) is 5.02 Å². The number of aromatic amines is 1. The summed E-state index contributed by atoms with van der Waals surface area (Å²) in [5.41, 5.74) is 4.63. The molecular weight excluding hydrogens is 348 g/mol. The fraction of sp³-hybridized carbons (Fsp3) is 0.286. The Kier molecular flexibility index (Phi) is 4.60. The number of methoxy groups -OCH3 is 1. The van der Waals surface area contributed by atoms with Crippen molar-refractivity contribution in [1.82, 2.24) is 10.3 Å². The molecule has 0 radical (unpaired) electrons. The van der Waals surface area contributed by atoms with Crippen molar-refractivity contribution >= 4 is 28.4 Å². The Hall–Kier alpha value is -2.46. The van der Waals surface area contributed by atoms with Crippen LogP contribution >= 0.6 is 11.6 Å². The van der Waals surface area contributed by atoms with E-state index in [0.717, 1.165) is 46.5 Å². The van der Waals surface area contributed by atoms with Gasteiger partial charge in [0.25, 0.3) is 0 Å². The molecule has 134 valence electrons. The molecule has 1 heterocycles. The van der Waals surface area contributed by atoms with Gasteiger partial charge in [-0.2, -0.15) is 0 Å². The largest absolute Gasteiger partial charge is 0.497 e. The van der Waals surface area contributed by atoms with Gasteiger partial charge in [0, 0.05) is 34.1 Å². The molecule has 2 aromatic carbocycles. The molecule has 0 bridgehead atoms. The summed E-state index contributed by atoms with van der Waals surface area (Å²) in [4.78, 5) is 16.1. The first-order valence-corrected chi connectivity index (χ1v) is 9.21. The molecule has 5 heteroatoms. The normalized spacial score (nSPS) is 16.3. The molecule has 3 aromatic rings. The molecule has 1 aliphatic rings. The molecule has 1 unspecified atom stereocenters. The van der Waals surface area contributed by atoms with E-state index in [1.165, 1.54) is 11.3 Å². The fourth-order valence-corrected chi connectivity index (χ4v) is 3.86. The average molecular weight is 369 g/mol. The Balaban J connectivity index is 1.45. The molecule has 0 aliphatic heterocycles. The summed E-state index contributed by atoms with van der Waals surface area (Å²) < 4.78 is 5.16. The van der Waals surface area contributed by atoms with E-state index < -0.39 is 0 Å². The van der Waals surface area contributed by atoms with E-state index in [4.69, 9.17) is 16.3 Å². The average Bonchev–Trinajstić information content (AvgIpc) is 3.03. The highest BCUT2D eigenvalue weighted by Gasteiger charge is 2.27. The van der Waals surface area contributed by atoms with E-state index in [1.54, 1.807) is 7.11 Å². The first-order chi connectivity index (χ1) is 12.6. The minimum Gasteiger partial charge on any atom is -0.497 e. The number of aromatic nitrogens is 1. The molecule has 1 amide bonds. The summed E-state index contributed by atoms with van der Waals surface area (Å²) in [6.07, 6.45) is 2.51. The lowest BCUT2D eigenvalue weighted by Gasteiger charge is -2.22. The first-order valence-electron chi connectivity index (χ1n) is 8.83. The van der Waals surface area contributed by atoms with Gasteiger partial charge in [-0.15, -0.1) is 0 Å². The number of carbonyl (C=O) groups excluding carboxylic acids is 1. The predicted molar refractivity (Wildman–Crippen MR) is 104 cm³/mol. The van der Waals surface area contributed by atoms with E-state index in [-0.39, 0.29) is 11.8 Å². The lowest BCUT2D eigenvalue weighted by atomic mass is 9.86. The number of benzene rings is 2. The zero-order chi connectivity index (χ0) is 18.1. The Bertz CT molecular complexity index is 947. The molecule has 1 atom stereocenters. The number of aryl methyl sites for hydroxylation is 1. The third-order valence-electron chi connectivity index (χ3n) is 5.15. The van der Waals surface area contributed by atoms with Crippen LogP contribution in [-0.2, 0) is 24.2 Å². The van der Waals surface area contributed by atoms with E-state index >= 15 is 0 Å². The van der Waals surface area contributed by atoms with Crippen molar-refractivity contribution in [3.05, 3.63) is 64.3 Å². The van der Waals surface area contributed by atoms with Gasteiger partial charge in [-0.3, -0.25) is 4.79 Å². The maximum Gasteiger partial charge on any atom is 0.223 e. The molecule has 0 spiro atoms. The number of hydrogen-bond acceptors (Lipinski definition) is 2. The monoisotopic (exact) mass is 368 g/mol. The van der Waals surface area contributed by atoms with Crippen molar-refractivity contribution in [2.45, 2.75) is 25.8 Å². The van der Waals surface area contributed by atoms with Gasteiger partial charge in [0.05, 0.1) is 7.11 Å². The maximum absolute atomic E-state index is 12.7. The van der Waals surface area contributed by atoms with E-state index in [9.17, 15) is 4.79 Å². The van der Waals surface area contributed by atoms with Crippen LogP contribution in [0.1, 0.15) is 23.2 Å². The highest BCUT2D eigenvalue weighted by Crippen LogP contribution is 2.33. The van der Waals surface area contributed by atoms with Gasteiger partial charge >= 0.3 is 0 Å². The molecule has 0 fully saturated rings. The van der Waals surface area contributed by atoms with Crippen LogP contribution in [-0.4, -0.2) is 18.0 Å². The number of ether oxygens (including phenoxy) is 1. The van der Waals surface area contributed by atoms with Crippen molar-refractivity contribution in [1.29, 1.82) is 0 Å². The first kappa shape index (κ1) is 17.0. The molecule has 4 rings (SSSR count). The second kappa shape index (κ2) is 7.04. The zero-order valence-electron chi connectivity index (χ0n) is 14.6. The molecule has 4 nitrogen and oxygen atoms in total. The lowest BCUT2D eigenvalue weighted by molar-refractivity contribution is -0.125. The van der Waals surface area contributed by atoms with Gasteiger partial charge < -0.3 is 15.0 Å². The topological polar surface area (TPSA) is 54.1 Å². The zero-order valence-corrected chi connectivity index (χ0v) is 15.4. The quantitative estimate of drug-likeness (QED) is 0.723. The number of nitrogens with one attached hydrogen (secondary N) is 2. The molecule has 2 N–H and O–H groups in total. The molecular formula is C21H21ClN2O2. The van der Waals surface area contributed by atoms with Gasteiger partial charge in [-0.05, 0) is 60.7 Å². The van der Waals surface area contributed by atoms with E-state index in [0.29, 0.717) is 6.54 Å². The van der Waals surface area contributed by atoms with Crippen LogP contribution in [0.3, 0.4) is 0 Å². The Morgan fingerprint density at radius 3 is 2.85 bits per heavy atom. The van der Waals surface area contributed by atoms with Crippen molar-refractivity contribution in [2.75, 3.05) is 7.11 Å². The number of fused-ring (bicyclic) bond motifs is 3. The van der Waals surface area contributed by atoms with Crippen LogP contribution in [0.25, 0.3) is 10.9 Å². The van der Waals surface area contributed by atoms with Crippen molar-refractivity contribution in [3.63, 3.8) is 0 Å². The molecule has 0 saturated carbocycles. The predicted octanol–water partition coefficient (Wildman–Crippen LogP) is 4.25. The van der Waals surface area contributed by atoms with Gasteiger partial charge in [0.2, 0.25) is 5.91 Å². The van der Waals surface area contributed by atoms with Crippen molar-refractivity contribution in [3.8, 4) is 5.75 Å². The minimum atomic E-state index is -0.00118. The summed E-state index contributed by atoms with van der Waals surface area (Å²) >= 11 is 6.15. The van der Waals surface area contributed by atoms with E-state index in [1.807, 2.05) is 42.5 Å². The van der Waals surface area contributed by atoms with Gasteiger partial charge in [-0.25, -0.2) is 0 Å². The Labute approximate surface area is 157 Å². The number of H-pyrrole nitrogens is 1. The number of hydrogen-bond donors (Lipinski definition) is 2. The maximum atomic E-state index is 12.7. The van der Waals surface area contributed by atoms with Gasteiger partial charge in [0.15, 0.2) is 0 Å². The van der Waals surface area contributed by atoms with Crippen LogP contribution in [0.5, 0.6) is 5.75 Å². The Morgan fingerprint density at radius 2 is 2.08 bits per heavy atom. The van der Waals surface area contributed by atoms with Crippen LogP contribution in [0, 0.1) is 5.92 Å². The van der Waals surface area contributed by atoms with Crippen molar-refractivity contribution in [2.24, 2.45) is 5.92 Å². The summed E-state index contributed by atoms with van der Waals surface area (Å²) in [7, 11) is 1.64. The molecule has 0 saturated heterocycles. The summed E-state index contributed by atoms with van der Waals surface area (Å²) in [5, 5.41) is 4.94. The number of amides is 1. The summed E-state index contributed by atoms with van der Waals surface area (Å²) in [6.45, 7) is 0.534. The smallest absolute Gasteiger partial charge is 0.223 e. The summed E-state index contributed by atoms with van der Waals surface area (Å²) in [6, 6.07) is 13.6. The van der Waals surface area contributed by atoms with Crippen LogP contribution in [0.15, 0.2) is 42.5 Å². The fourth-order valence-electron chi connectivity index (χ4n) is 3.69. The SMILES string of the molecule is COc1ccc(CNC(=O)C2CCc3[nH]c4ccc(Cl)cc4c3C2)cc1. The molecule has 1 aromatic heterocycles. The number of rotatable bonds is 4. The molecule has 1 aliphatic carbocycles. The van der Waals surface area contributed by atoms with Crippen molar-refractivity contribution < 1.29 is 9.53 Å². The van der Waals surface area contributed by atoms with E-state index in [2.05, 4.69) is 10.3 Å². The van der Waals surface area contributed by atoms with Gasteiger partial charge in [0.1, 0.15) is 5.75 Å². The Morgan fingerprint density at radius 1 is 1.27 bits per heavy atom. The minimum absolute atomic E-state index is 0.00118. The standard InChI is InChI=1S/C21H21ClN2O2/c1-26-16-6-2-13(3-7-16)12-23-21(25)14-4-8-19-17(10-14)18-11-15(22)5-9-20(18)24-19/h2-3,5-7,9,11,14,24H,4,8,10,12H2,1H3,(H,23,25). The second-order valence-electron chi connectivity index (χ2n) is 6.78. The van der Waals surface area contributed by atoms with Gasteiger partial charge in [-0.1, -0.05) is 23.7 Å². The third-order valence-corrected chi connectivity index (χ3v) is 5.38. The van der Waals surface area contributed by atoms with Crippen LogP contribution < -0.4 is 10.1 Å². The molecule has 26 heavy (non-hydrogen) atoms.